The highest BCUT2D eigenvalue weighted by molar-refractivity contribution is 7.85. The highest BCUT2D eigenvalue weighted by atomic mass is 32.2. The molecule has 0 aliphatic carbocycles. The predicted molar refractivity (Wildman–Crippen MR) is 72.1 cm³/mol. The Labute approximate surface area is 109 Å². The van der Waals surface area contributed by atoms with E-state index in [-0.39, 0.29) is 6.04 Å². The van der Waals surface area contributed by atoms with Gasteiger partial charge in [-0.15, -0.1) is 0 Å². The van der Waals surface area contributed by atoms with E-state index >= 15 is 0 Å². The first-order valence-electron chi connectivity index (χ1n) is 6.05. The minimum atomic E-state index is -0.660. The average molecular weight is 270 g/mol. The van der Waals surface area contributed by atoms with E-state index in [2.05, 4.69) is 15.3 Å². The Balaban J connectivity index is 2.04. The molecular weight excluding hydrogens is 252 g/mol. The summed E-state index contributed by atoms with van der Waals surface area (Å²) < 4.78 is 16.6. The molecule has 100 valence electrons. The molecular formula is C11H18N4O2S. The van der Waals surface area contributed by atoms with Gasteiger partial charge in [0.15, 0.2) is 5.82 Å². The Kier molecular flexibility index (Phi) is 4.35. The van der Waals surface area contributed by atoms with Crippen LogP contribution in [-0.4, -0.2) is 38.3 Å². The lowest BCUT2D eigenvalue weighted by molar-refractivity contribution is 0.328. The van der Waals surface area contributed by atoms with Crippen molar-refractivity contribution in [3.63, 3.8) is 0 Å². The summed E-state index contributed by atoms with van der Waals surface area (Å²) >= 11 is 0. The zero-order chi connectivity index (χ0) is 13.0. The summed E-state index contributed by atoms with van der Waals surface area (Å²) in [5, 5.41) is 3.28. The van der Waals surface area contributed by atoms with Crippen LogP contribution in [0.15, 0.2) is 6.33 Å². The van der Waals surface area contributed by atoms with Crippen molar-refractivity contribution in [1.82, 2.24) is 9.97 Å². The quantitative estimate of drug-likeness (QED) is 0.840. The summed E-state index contributed by atoms with van der Waals surface area (Å²) in [6, 6.07) is 0.273. The first-order chi connectivity index (χ1) is 8.70. The first kappa shape index (κ1) is 13.1. The Bertz CT molecular complexity index is 431. The molecule has 0 unspecified atom stereocenters. The number of rotatable bonds is 4. The Morgan fingerprint density at radius 2 is 2.22 bits per heavy atom. The van der Waals surface area contributed by atoms with Crippen LogP contribution in [0.4, 0.5) is 11.5 Å². The van der Waals surface area contributed by atoms with Gasteiger partial charge in [0.2, 0.25) is 5.88 Å². The van der Waals surface area contributed by atoms with Crippen molar-refractivity contribution in [3.05, 3.63) is 6.33 Å². The van der Waals surface area contributed by atoms with Crippen molar-refractivity contribution in [2.75, 3.05) is 29.2 Å². The molecule has 0 spiro atoms. The van der Waals surface area contributed by atoms with Crippen molar-refractivity contribution in [1.29, 1.82) is 0 Å². The van der Waals surface area contributed by atoms with Crippen LogP contribution < -0.4 is 15.8 Å². The van der Waals surface area contributed by atoms with E-state index in [1.165, 1.54) is 6.33 Å². The highest BCUT2D eigenvalue weighted by Gasteiger charge is 2.19. The molecule has 0 saturated carbocycles. The molecule has 0 radical (unpaired) electrons. The van der Waals surface area contributed by atoms with Crippen molar-refractivity contribution >= 4 is 22.3 Å². The van der Waals surface area contributed by atoms with Gasteiger partial charge >= 0.3 is 0 Å². The number of hydrogen-bond donors (Lipinski definition) is 2. The van der Waals surface area contributed by atoms with E-state index in [1.807, 2.05) is 6.92 Å². The molecule has 0 amide bonds. The van der Waals surface area contributed by atoms with Gasteiger partial charge in [0.25, 0.3) is 0 Å². The second kappa shape index (κ2) is 5.99. The minimum absolute atomic E-state index is 0.273. The molecule has 1 aliphatic heterocycles. The molecule has 2 heterocycles. The normalized spacial score (nSPS) is 23.6. The minimum Gasteiger partial charge on any atom is -0.476 e. The van der Waals surface area contributed by atoms with E-state index in [4.69, 9.17) is 10.5 Å². The van der Waals surface area contributed by atoms with Gasteiger partial charge < -0.3 is 15.8 Å². The molecule has 2 rings (SSSR count). The maximum absolute atomic E-state index is 11.3. The number of nitrogens with two attached hydrogens (primary N) is 1. The second-order valence-corrected chi connectivity index (χ2v) is 5.84. The van der Waals surface area contributed by atoms with Crippen LogP contribution in [0, 0.1) is 0 Å². The molecule has 1 saturated heterocycles. The van der Waals surface area contributed by atoms with E-state index < -0.39 is 10.8 Å². The van der Waals surface area contributed by atoms with Gasteiger partial charge in [-0.3, -0.25) is 4.21 Å². The lowest BCUT2D eigenvalue weighted by Gasteiger charge is -2.23. The third kappa shape index (κ3) is 3.10. The number of nitrogen functional groups attached to an aromatic ring is 1. The summed E-state index contributed by atoms with van der Waals surface area (Å²) in [5.41, 5.74) is 6.38. The Morgan fingerprint density at radius 1 is 1.50 bits per heavy atom. The Hall–Kier alpha value is -1.37. The van der Waals surface area contributed by atoms with Crippen LogP contribution in [0.5, 0.6) is 5.88 Å². The van der Waals surface area contributed by atoms with E-state index in [1.54, 1.807) is 0 Å². The van der Waals surface area contributed by atoms with E-state index in [9.17, 15) is 4.21 Å². The van der Waals surface area contributed by atoms with Gasteiger partial charge in [0.1, 0.15) is 12.0 Å². The van der Waals surface area contributed by atoms with Crippen LogP contribution in [0.3, 0.4) is 0 Å². The van der Waals surface area contributed by atoms with Gasteiger partial charge in [-0.25, -0.2) is 4.98 Å². The van der Waals surface area contributed by atoms with Crippen LogP contribution in [-0.2, 0) is 10.8 Å². The summed E-state index contributed by atoms with van der Waals surface area (Å²) in [6.07, 6.45) is 3.19. The number of nitrogens with zero attached hydrogens (tertiary/aromatic N) is 2. The van der Waals surface area contributed by atoms with Crippen molar-refractivity contribution in [3.8, 4) is 5.88 Å². The van der Waals surface area contributed by atoms with Crippen molar-refractivity contribution in [2.24, 2.45) is 0 Å². The first-order valence-corrected chi connectivity index (χ1v) is 7.54. The Morgan fingerprint density at radius 3 is 2.89 bits per heavy atom. The maximum Gasteiger partial charge on any atom is 0.242 e. The van der Waals surface area contributed by atoms with Gasteiger partial charge in [0.05, 0.1) is 6.61 Å². The molecule has 1 fully saturated rings. The zero-order valence-corrected chi connectivity index (χ0v) is 11.2. The summed E-state index contributed by atoms with van der Waals surface area (Å²) in [6.45, 7) is 2.40. The number of anilines is 2. The zero-order valence-electron chi connectivity index (χ0n) is 10.4. The molecule has 6 nitrogen and oxygen atoms in total. The predicted octanol–water partition coefficient (Wildman–Crippen LogP) is 0.780. The molecule has 18 heavy (non-hydrogen) atoms. The molecule has 3 N–H and O–H groups in total. The maximum atomic E-state index is 11.3. The number of ether oxygens (including phenoxy) is 1. The topological polar surface area (TPSA) is 90.1 Å². The lowest BCUT2D eigenvalue weighted by atomic mass is 10.1. The third-order valence-corrected chi connectivity index (χ3v) is 4.24. The largest absolute Gasteiger partial charge is 0.476 e. The van der Waals surface area contributed by atoms with Crippen LogP contribution in [0.2, 0.25) is 0 Å². The fraction of sp³-hybridized carbons (Fsp3) is 0.636. The molecule has 1 aliphatic rings. The molecule has 1 aromatic heterocycles. The fourth-order valence-electron chi connectivity index (χ4n) is 1.88. The SMILES string of the molecule is CCOc1ncnc(NC2CCS(=O)CC2)c1N. The molecule has 0 aromatic carbocycles. The monoisotopic (exact) mass is 270 g/mol. The number of hydrogen-bond acceptors (Lipinski definition) is 6. The fourth-order valence-corrected chi connectivity index (χ4v) is 3.18. The number of aromatic nitrogens is 2. The molecule has 0 atom stereocenters. The van der Waals surface area contributed by atoms with Crippen molar-refractivity contribution < 1.29 is 8.95 Å². The van der Waals surface area contributed by atoms with Gasteiger partial charge in [-0.2, -0.15) is 4.98 Å². The molecule has 1 aromatic rings. The lowest BCUT2D eigenvalue weighted by Crippen LogP contribution is -2.30. The second-order valence-electron chi connectivity index (χ2n) is 4.14. The van der Waals surface area contributed by atoms with Gasteiger partial charge in [0, 0.05) is 28.3 Å². The highest BCUT2D eigenvalue weighted by Crippen LogP contribution is 2.26. The third-order valence-electron chi connectivity index (χ3n) is 2.86. The van der Waals surface area contributed by atoms with Crippen LogP contribution >= 0.6 is 0 Å². The van der Waals surface area contributed by atoms with Crippen LogP contribution in [0.1, 0.15) is 19.8 Å². The summed E-state index contributed by atoms with van der Waals surface area (Å²) in [5.74, 6) is 2.49. The number of nitrogens with one attached hydrogen (secondary N) is 1. The summed E-state index contributed by atoms with van der Waals surface area (Å²) in [7, 11) is -0.660. The molecule has 7 heteroatoms. The average Bonchev–Trinajstić information content (AvgIpc) is 2.37. The summed E-state index contributed by atoms with van der Waals surface area (Å²) in [4.78, 5) is 8.12. The van der Waals surface area contributed by atoms with Gasteiger partial charge in [-0.05, 0) is 19.8 Å². The van der Waals surface area contributed by atoms with E-state index in [0.29, 0.717) is 24.0 Å². The standard InChI is InChI=1S/C11H18N4O2S/c1-2-17-11-9(12)10(13-7-14-11)15-8-3-5-18(16)6-4-8/h7-8H,2-6,12H2,1H3,(H,13,14,15). The van der Waals surface area contributed by atoms with Crippen LogP contribution in [0.25, 0.3) is 0 Å². The smallest absolute Gasteiger partial charge is 0.242 e. The van der Waals surface area contributed by atoms with E-state index in [0.717, 1.165) is 24.3 Å². The van der Waals surface area contributed by atoms with Crippen molar-refractivity contribution in [2.45, 2.75) is 25.8 Å². The van der Waals surface area contributed by atoms with Gasteiger partial charge in [-0.1, -0.05) is 0 Å². The molecule has 0 bridgehead atoms.